The number of sulfone groups is 1. The van der Waals surface area contributed by atoms with Crippen LogP contribution in [-0.4, -0.2) is 38.3 Å². The Bertz CT molecular complexity index is 778. The number of benzene rings is 1. The quantitative estimate of drug-likeness (QED) is 0.883. The highest BCUT2D eigenvalue weighted by Crippen LogP contribution is 2.54. The first-order valence-corrected chi connectivity index (χ1v) is 10.5. The zero-order chi connectivity index (χ0) is 18.5. The molecule has 2 aliphatic rings. The number of anilines is 1. The van der Waals surface area contributed by atoms with Gasteiger partial charge < -0.3 is 10.0 Å². The van der Waals surface area contributed by atoms with Gasteiger partial charge in [0.25, 0.3) is 0 Å². The standard InChI is InChI=1S/C19H27NO4S/c1-18(2,3)13-25(23,24)14-4-5-15(17(21)22)16(12-14)20-10-8-19(6-7-19)9-11-20/h4-5,12H,6-11,13H2,1-3H3,(H,21,22). The van der Waals surface area contributed by atoms with Gasteiger partial charge in [-0.3, -0.25) is 0 Å². The number of aromatic carboxylic acids is 1. The Morgan fingerprint density at radius 1 is 1.16 bits per heavy atom. The van der Waals surface area contributed by atoms with Crippen LogP contribution in [0.1, 0.15) is 56.8 Å². The number of hydrogen-bond acceptors (Lipinski definition) is 4. The molecule has 1 N–H and O–H groups in total. The molecular weight excluding hydrogens is 338 g/mol. The van der Waals surface area contributed by atoms with Gasteiger partial charge in [-0.05, 0) is 54.7 Å². The smallest absolute Gasteiger partial charge is 0.337 e. The fraction of sp³-hybridized carbons (Fsp3) is 0.632. The summed E-state index contributed by atoms with van der Waals surface area (Å²) in [5.74, 6) is -0.976. The van der Waals surface area contributed by atoms with Gasteiger partial charge in [0, 0.05) is 13.1 Å². The Hall–Kier alpha value is -1.56. The van der Waals surface area contributed by atoms with E-state index < -0.39 is 15.8 Å². The van der Waals surface area contributed by atoms with Gasteiger partial charge in [-0.2, -0.15) is 0 Å². The minimum Gasteiger partial charge on any atom is -0.478 e. The fourth-order valence-corrected chi connectivity index (χ4v) is 5.57. The molecule has 138 valence electrons. The second-order valence-corrected chi connectivity index (χ2v) is 10.8. The summed E-state index contributed by atoms with van der Waals surface area (Å²) in [6, 6.07) is 4.44. The summed E-state index contributed by atoms with van der Waals surface area (Å²) in [7, 11) is -3.45. The van der Waals surface area contributed by atoms with Crippen LogP contribution in [0.15, 0.2) is 23.1 Å². The third-order valence-electron chi connectivity index (χ3n) is 5.30. The third kappa shape index (κ3) is 4.00. The number of carbonyl (C=O) groups is 1. The van der Waals surface area contributed by atoms with Crippen molar-refractivity contribution < 1.29 is 18.3 Å². The van der Waals surface area contributed by atoms with Crippen molar-refractivity contribution in [1.82, 2.24) is 0 Å². The van der Waals surface area contributed by atoms with Crippen LogP contribution in [0.3, 0.4) is 0 Å². The van der Waals surface area contributed by atoms with Crippen LogP contribution in [0, 0.1) is 10.8 Å². The van der Waals surface area contributed by atoms with Gasteiger partial charge in [-0.1, -0.05) is 20.8 Å². The number of piperidine rings is 1. The molecule has 0 bridgehead atoms. The summed E-state index contributed by atoms with van der Waals surface area (Å²) in [5, 5.41) is 9.52. The summed E-state index contributed by atoms with van der Waals surface area (Å²) in [4.78, 5) is 13.9. The molecule has 1 saturated carbocycles. The van der Waals surface area contributed by atoms with Gasteiger partial charge in [-0.15, -0.1) is 0 Å². The molecule has 5 nitrogen and oxygen atoms in total. The Balaban J connectivity index is 1.94. The molecule has 2 fully saturated rings. The van der Waals surface area contributed by atoms with Crippen molar-refractivity contribution in [1.29, 1.82) is 0 Å². The van der Waals surface area contributed by atoms with Crippen LogP contribution in [0.5, 0.6) is 0 Å². The first-order chi connectivity index (χ1) is 11.5. The zero-order valence-electron chi connectivity index (χ0n) is 15.2. The van der Waals surface area contributed by atoms with E-state index in [0.717, 1.165) is 25.9 Å². The maximum atomic E-state index is 12.7. The number of nitrogens with zero attached hydrogens (tertiary/aromatic N) is 1. The molecule has 25 heavy (non-hydrogen) atoms. The molecule has 3 rings (SSSR count). The minimum atomic E-state index is -3.45. The topological polar surface area (TPSA) is 74.7 Å². The molecule has 1 saturated heterocycles. The molecule has 0 amide bonds. The van der Waals surface area contributed by atoms with Crippen molar-refractivity contribution >= 4 is 21.5 Å². The maximum absolute atomic E-state index is 12.7. The number of rotatable bonds is 4. The molecule has 1 aromatic carbocycles. The molecule has 1 spiro atoms. The Labute approximate surface area is 150 Å². The van der Waals surface area contributed by atoms with Crippen LogP contribution in [-0.2, 0) is 9.84 Å². The fourth-order valence-electron chi connectivity index (χ4n) is 3.70. The largest absolute Gasteiger partial charge is 0.478 e. The summed E-state index contributed by atoms with van der Waals surface area (Å²) < 4.78 is 25.4. The molecule has 0 aromatic heterocycles. The lowest BCUT2D eigenvalue weighted by Crippen LogP contribution is -2.35. The molecule has 6 heteroatoms. The molecule has 1 aliphatic carbocycles. The second-order valence-electron chi connectivity index (χ2n) is 8.79. The first-order valence-electron chi connectivity index (χ1n) is 8.87. The molecule has 1 aliphatic heterocycles. The van der Waals surface area contributed by atoms with Crippen LogP contribution >= 0.6 is 0 Å². The van der Waals surface area contributed by atoms with Gasteiger partial charge in [0.2, 0.25) is 0 Å². The number of carboxylic acid groups (broad SMARTS) is 1. The van der Waals surface area contributed by atoms with E-state index in [9.17, 15) is 18.3 Å². The highest BCUT2D eigenvalue weighted by Gasteiger charge is 2.44. The normalized spacial score (nSPS) is 19.9. The van der Waals surface area contributed by atoms with E-state index in [2.05, 4.69) is 0 Å². The van der Waals surface area contributed by atoms with Crippen molar-refractivity contribution in [3.8, 4) is 0 Å². The van der Waals surface area contributed by atoms with Crippen molar-refractivity contribution in [3.63, 3.8) is 0 Å². The lowest BCUT2D eigenvalue weighted by atomic mass is 9.93. The molecule has 1 heterocycles. The highest BCUT2D eigenvalue weighted by atomic mass is 32.2. The van der Waals surface area contributed by atoms with Crippen molar-refractivity contribution in [3.05, 3.63) is 23.8 Å². The van der Waals surface area contributed by atoms with E-state index in [4.69, 9.17) is 0 Å². The second kappa shape index (κ2) is 6.01. The SMILES string of the molecule is CC(C)(C)CS(=O)(=O)c1ccc(C(=O)O)c(N2CCC3(CC2)CC3)c1. The summed E-state index contributed by atoms with van der Waals surface area (Å²) >= 11 is 0. The predicted molar refractivity (Wildman–Crippen MR) is 98.0 cm³/mol. The average molecular weight is 365 g/mol. The lowest BCUT2D eigenvalue weighted by molar-refractivity contribution is 0.0697. The molecular formula is C19H27NO4S. The third-order valence-corrected chi connectivity index (χ3v) is 7.52. The summed E-state index contributed by atoms with van der Waals surface area (Å²) in [6.45, 7) is 7.25. The molecule has 0 atom stereocenters. The zero-order valence-corrected chi connectivity index (χ0v) is 16.0. The van der Waals surface area contributed by atoms with Gasteiger partial charge in [-0.25, -0.2) is 13.2 Å². The Kier molecular flexibility index (Phi) is 4.38. The monoisotopic (exact) mass is 365 g/mol. The van der Waals surface area contributed by atoms with Crippen LogP contribution in [0.4, 0.5) is 5.69 Å². The van der Waals surface area contributed by atoms with Gasteiger partial charge in [0.1, 0.15) is 0 Å². The van der Waals surface area contributed by atoms with Crippen LogP contribution in [0.2, 0.25) is 0 Å². The van der Waals surface area contributed by atoms with E-state index in [1.165, 1.54) is 25.0 Å². The number of hydrogen-bond donors (Lipinski definition) is 1. The maximum Gasteiger partial charge on any atom is 0.337 e. The number of carboxylic acids is 1. The van der Waals surface area contributed by atoms with E-state index in [0.29, 0.717) is 11.1 Å². The van der Waals surface area contributed by atoms with Gasteiger partial charge in [0.05, 0.1) is 21.9 Å². The van der Waals surface area contributed by atoms with Crippen LogP contribution in [0.25, 0.3) is 0 Å². The first kappa shape index (κ1) is 18.2. The van der Waals surface area contributed by atoms with Crippen molar-refractivity contribution in [2.45, 2.75) is 51.3 Å². The van der Waals surface area contributed by atoms with E-state index in [-0.39, 0.29) is 21.6 Å². The minimum absolute atomic E-state index is 0.0367. The summed E-state index contributed by atoms with van der Waals surface area (Å²) in [6.07, 6.45) is 4.66. The van der Waals surface area contributed by atoms with Gasteiger partial charge >= 0.3 is 5.97 Å². The van der Waals surface area contributed by atoms with Crippen molar-refractivity contribution in [2.75, 3.05) is 23.7 Å². The molecule has 0 radical (unpaired) electrons. The van der Waals surface area contributed by atoms with E-state index in [1.807, 2.05) is 25.7 Å². The predicted octanol–water partition coefficient (Wildman–Crippen LogP) is 3.59. The van der Waals surface area contributed by atoms with E-state index >= 15 is 0 Å². The van der Waals surface area contributed by atoms with E-state index in [1.54, 1.807) is 6.07 Å². The highest BCUT2D eigenvalue weighted by molar-refractivity contribution is 7.91. The Morgan fingerprint density at radius 3 is 2.24 bits per heavy atom. The van der Waals surface area contributed by atoms with Crippen LogP contribution < -0.4 is 4.90 Å². The van der Waals surface area contributed by atoms with Gasteiger partial charge in [0.15, 0.2) is 9.84 Å². The summed E-state index contributed by atoms with van der Waals surface area (Å²) in [5.41, 5.74) is 0.850. The Morgan fingerprint density at radius 2 is 1.76 bits per heavy atom. The lowest BCUT2D eigenvalue weighted by Gasteiger charge is -2.34. The molecule has 1 aromatic rings. The van der Waals surface area contributed by atoms with Crippen molar-refractivity contribution in [2.24, 2.45) is 10.8 Å². The molecule has 0 unspecified atom stereocenters. The average Bonchev–Trinajstić information content (AvgIpc) is 3.24.